The van der Waals surface area contributed by atoms with Crippen LogP contribution in [0.2, 0.25) is 0 Å². The molecule has 0 bridgehead atoms. The minimum Gasteiger partial charge on any atom is -0.462 e. The van der Waals surface area contributed by atoms with Crippen LogP contribution in [0.1, 0.15) is 39.7 Å². The van der Waals surface area contributed by atoms with Crippen LogP contribution in [0, 0.1) is 6.92 Å². The van der Waals surface area contributed by atoms with Crippen LogP contribution < -0.4 is 14.9 Å². The highest BCUT2D eigenvalue weighted by molar-refractivity contribution is 8.09. The number of nitrogens with one attached hydrogen (secondary N) is 2. The van der Waals surface area contributed by atoms with E-state index in [9.17, 15) is 9.90 Å². The number of imidazole rings is 1. The van der Waals surface area contributed by atoms with Crippen molar-refractivity contribution in [1.82, 2.24) is 24.6 Å². The zero-order valence-electron chi connectivity index (χ0n) is 25.2. The summed E-state index contributed by atoms with van der Waals surface area (Å²) in [4.78, 5) is 25.8. The molecular formula is C29H36FN6O6PS. The summed E-state index contributed by atoms with van der Waals surface area (Å²) in [5, 5.41) is 18.7. The van der Waals surface area contributed by atoms with Crippen LogP contribution in [-0.4, -0.2) is 74.3 Å². The van der Waals surface area contributed by atoms with Crippen LogP contribution in [0.4, 0.5) is 10.2 Å². The lowest BCUT2D eigenvalue weighted by Gasteiger charge is -2.28. The number of halogens is 1. The number of carbonyl (C=O) groups excluding carboxylic acids is 1. The molecule has 0 amide bonds. The predicted octanol–water partition coefficient (Wildman–Crippen LogP) is 4.57. The number of carbonyl (C=O) groups is 1. The van der Waals surface area contributed by atoms with Crippen molar-refractivity contribution in [3.63, 3.8) is 0 Å². The third-order valence-corrected chi connectivity index (χ3v) is 9.66. The fourth-order valence-corrected chi connectivity index (χ4v) is 7.43. The van der Waals surface area contributed by atoms with Crippen LogP contribution in [0.5, 0.6) is 5.75 Å². The molecule has 236 valence electrons. The molecule has 0 saturated carbocycles. The molecule has 4 aromatic rings. The monoisotopic (exact) mass is 646 g/mol. The first-order valence-electron chi connectivity index (χ1n) is 14.1. The molecule has 6 atom stereocenters. The number of ether oxygens (including phenoxy) is 2. The van der Waals surface area contributed by atoms with Crippen molar-refractivity contribution in [3.8, 4) is 5.75 Å². The van der Waals surface area contributed by atoms with Crippen LogP contribution in [0.3, 0.4) is 0 Å². The second-order valence-electron chi connectivity index (χ2n) is 11.0. The Morgan fingerprint density at radius 3 is 2.68 bits per heavy atom. The third-order valence-electron chi connectivity index (χ3n) is 7.17. The highest BCUT2D eigenvalue weighted by atomic mass is 32.5. The molecule has 0 aliphatic carbocycles. The Labute approximate surface area is 259 Å². The van der Waals surface area contributed by atoms with E-state index in [1.165, 1.54) is 17.8 Å². The van der Waals surface area contributed by atoms with E-state index >= 15 is 4.39 Å². The fraction of sp³-hybridized carbons (Fsp3) is 0.448. The number of alkyl halides is 1. The number of aliphatic hydroxyl groups excluding tert-OH is 1. The molecule has 0 spiro atoms. The van der Waals surface area contributed by atoms with E-state index < -0.39 is 42.8 Å². The quantitative estimate of drug-likeness (QED) is 0.155. The largest absolute Gasteiger partial charge is 0.462 e. The lowest BCUT2D eigenvalue weighted by molar-refractivity contribution is -0.149. The zero-order chi connectivity index (χ0) is 31.8. The number of benzene rings is 2. The molecule has 3 heterocycles. The highest BCUT2D eigenvalue weighted by Gasteiger charge is 2.56. The maximum absolute atomic E-state index is 16.2. The van der Waals surface area contributed by atoms with Crippen molar-refractivity contribution in [1.29, 1.82) is 0 Å². The van der Waals surface area contributed by atoms with Gasteiger partial charge in [-0.25, -0.2) is 24.4 Å². The Hall–Kier alpha value is -3.26. The number of aromatic nitrogens is 4. The van der Waals surface area contributed by atoms with Crippen LogP contribution >= 0.6 is 6.64 Å². The summed E-state index contributed by atoms with van der Waals surface area (Å²) in [6, 6.07) is 12.2. The molecular weight excluding hydrogens is 610 g/mol. The summed E-state index contributed by atoms with van der Waals surface area (Å²) in [6.45, 7) is 4.14. The summed E-state index contributed by atoms with van der Waals surface area (Å²) < 4.78 is 41.5. The van der Waals surface area contributed by atoms with Gasteiger partial charge in [-0.3, -0.25) is 9.36 Å². The summed E-state index contributed by atoms with van der Waals surface area (Å²) in [6.07, 6.45) is -3.00. The van der Waals surface area contributed by atoms with Crippen molar-refractivity contribution in [2.75, 3.05) is 19.0 Å². The molecule has 1 fully saturated rings. The van der Waals surface area contributed by atoms with E-state index in [0.717, 1.165) is 10.8 Å². The molecule has 2 aromatic heterocycles. The molecule has 3 N–H and O–H groups in total. The topological polar surface area (TPSA) is 142 Å². The average Bonchev–Trinajstić information content (AvgIpc) is 3.48. The molecule has 1 aliphatic rings. The summed E-state index contributed by atoms with van der Waals surface area (Å²) in [5.41, 5.74) is -1.49. The smallest absolute Gasteiger partial charge is 0.323 e. The maximum atomic E-state index is 16.2. The van der Waals surface area contributed by atoms with Gasteiger partial charge in [-0.05, 0) is 57.9 Å². The highest BCUT2D eigenvalue weighted by Crippen LogP contribution is 2.49. The van der Waals surface area contributed by atoms with Crippen molar-refractivity contribution in [3.05, 3.63) is 54.6 Å². The number of esters is 1. The predicted molar refractivity (Wildman–Crippen MR) is 168 cm³/mol. The second-order valence-corrected chi connectivity index (χ2v) is 14.2. The fourth-order valence-electron chi connectivity index (χ4n) is 5.01. The van der Waals surface area contributed by atoms with Crippen LogP contribution in [0.15, 0.2) is 48.8 Å². The Kier molecular flexibility index (Phi) is 9.22. The van der Waals surface area contributed by atoms with Crippen molar-refractivity contribution in [2.45, 2.75) is 70.9 Å². The number of fused-ring (bicyclic) bond motifs is 2. The summed E-state index contributed by atoms with van der Waals surface area (Å²) in [5.74, 6) is 0.820. The molecule has 1 saturated heterocycles. The number of aryl methyl sites for hydroxylation is 1. The van der Waals surface area contributed by atoms with E-state index in [4.69, 9.17) is 30.3 Å². The molecule has 44 heavy (non-hydrogen) atoms. The molecule has 2 aromatic carbocycles. The Balaban J connectivity index is 1.42. The normalized spacial score (nSPS) is 24.0. The number of rotatable bonds is 11. The van der Waals surface area contributed by atoms with Gasteiger partial charge in [0.2, 0.25) is 0 Å². The first kappa shape index (κ1) is 32.1. The van der Waals surface area contributed by atoms with Gasteiger partial charge in [-0.1, -0.05) is 36.4 Å². The molecule has 1 aliphatic heterocycles. The number of nitrogens with zero attached hydrogens (tertiary/aromatic N) is 4. The lowest BCUT2D eigenvalue weighted by Crippen LogP contribution is -2.41. The summed E-state index contributed by atoms with van der Waals surface area (Å²) >= 11 is 5.88. The Morgan fingerprint density at radius 1 is 1.23 bits per heavy atom. The van der Waals surface area contributed by atoms with Crippen LogP contribution in [-0.2, 0) is 30.6 Å². The van der Waals surface area contributed by atoms with Gasteiger partial charge in [0.05, 0.1) is 19.0 Å². The second kappa shape index (κ2) is 12.6. The van der Waals surface area contributed by atoms with Gasteiger partial charge in [-0.15, -0.1) is 0 Å². The van der Waals surface area contributed by atoms with Crippen LogP contribution in [0.25, 0.3) is 21.9 Å². The number of aliphatic hydroxyl groups is 1. The van der Waals surface area contributed by atoms with Gasteiger partial charge < -0.3 is 28.9 Å². The maximum Gasteiger partial charge on any atom is 0.323 e. The summed E-state index contributed by atoms with van der Waals surface area (Å²) in [7, 11) is 1.70. The average molecular weight is 647 g/mol. The standard InChI is InChI=1S/C29H36FN6O6PS/c1-16(2)40-27(38)17(3)35-43(44,42-21-13-9-11-19-10-7-8-12-20(19)21)39-14-22-24(37)29(5,30)28(41-22)36-15-32-23-25(31-6)33-18(4)34-26(23)36/h7-13,15-17,22,24,28,37H,14H2,1-6H3,(H,35,44)(H,31,33,34)/t17-,22+,24+,28+,29+,43-/m0/s1. The molecule has 0 radical (unpaired) electrons. The van der Waals surface area contributed by atoms with Gasteiger partial charge in [-0.2, -0.15) is 0 Å². The van der Waals surface area contributed by atoms with Gasteiger partial charge in [0.25, 0.3) is 0 Å². The van der Waals surface area contributed by atoms with E-state index in [0.29, 0.717) is 28.6 Å². The Morgan fingerprint density at radius 2 is 1.95 bits per heavy atom. The van der Waals surface area contributed by atoms with Crippen molar-refractivity contribution in [2.24, 2.45) is 0 Å². The number of hydrogen-bond acceptors (Lipinski definition) is 11. The zero-order valence-corrected chi connectivity index (χ0v) is 26.9. The van der Waals surface area contributed by atoms with Gasteiger partial charge in [0.15, 0.2) is 28.9 Å². The molecule has 12 nitrogen and oxygen atoms in total. The molecule has 5 rings (SSSR count). The van der Waals surface area contributed by atoms with Crippen molar-refractivity contribution >= 4 is 52.2 Å². The van der Waals surface area contributed by atoms with E-state index in [1.807, 2.05) is 36.4 Å². The van der Waals surface area contributed by atoms with Crippen molar-refractivity contribution < 1.29 is 32.8 Å². The first-order valence-corrected chi connectivity index (χ1v) is 16.8. The minimum atomic E-state index is -3.54. The molecule has 15 heteroatoms. The van der Waals surface area contributed by atoms with Gasteiger partial charge in [0.1, 0.15) is 29.8 Å². The van der Waals surface area contributed by atoms with E-state index in [1.54, 1.807) is 40.8 Å². The first-order chi connectivity index (χ1) is 20.8. The Bertz CT molecular complexity index is 1720. The SMILES string of the molecule is CNc1nc(C)nc2c1ncn2[C@@H]1O[C@H](CO[P@@](=S)(N[C@@H](C)C(=O)OC(C)C)Oc2cccc3ccccc23)[C@@H](O)[C@@]1(C)F. The van der Waals surface area contributed by atoms with Gasteiger partial charge in [0, 0.05) is 12.4 Å². The minimum absolute atomic E-state index is 0.341. The number of anilines is 1. The van der Waals surface area contributed by atoms with E-state index in [2.05, 4.69) is 25.4 Å². The lowest BCUT2D eigenvalue weighted by atomic mass is 9.98. The van der Waals surface area contributed by atoms with Gasteiger partial charge >= 0.3 is 12.6 Å². The third kappa shape index (κ3) is 6.42. The van der Waals surface area contributed by atoms with E-state index in [-0.39, 0.29) is 12.7 Å². The number of hydrogen-bond donors (Lipinski definition) is 3. The molecule has 0 unspecified atom stereocenters.